The van der Waals surface area contributed by atoms with Gasteiger partial charge >= 0.3 is 0 Å². The van der Waals surface area contributed by atoms with E-state index in [4.69, 9.17) is 4.74 Å². The Morgan fingerprint density at radius 2 is 1.81 bits per heavy atom. The summed E-state index contributed by atoms with van der Waals surface area (Å²) in [5.41, 5.74) is 2.08. The molecule has 0 radical (unpaired) electrons. The average molecular weight is 286 g/mol. The third kappa shape index (κ3) is 5.37. The molecule has 0 unspecified atom stereocenters. The number of carbonyl (C=O) groups excluding carboxylic acids is 1. The molecular formula is C19H26O2. The third-order valence-corrected chi connectivity index (χ3v) is 3.95. The van der Waals surface area contributed by atoms with Crippen molar-refractivity contribution in [2.45, 2.75) is 58.3 Å². The first-order valence-corrected chi connectivity index (χ1v) is 8.26. The monoisotopic (exact) mass is 286 g/mol. The van der Waals surface area contributed by atoms with Crippen LogP contribution in [0.2, 0.25) is 0 Å². The molecule has 21 heavy (non-hydrogen) atoms. The lowest BCUT2D eigenvalue weighted by Gasteiger charge is -2.12. The molecule has 0 saturated heterocycles. The minimum Gasteiger partial charge on any atom is -0.494 e. The van der Waals surface area contributed by atoms with E-state index >= 15 is 0 Å². The molecule has 2 nitrogen and oxygen atoms in total. The largest absolute Gasteiger partial charge is 0.494 e. The Bertz CT molecular complexity index is 471. The van der Waals surface area contributed by atoms with Gasteiger partial charge in [-0.25, -0.2) is 0 Å². The molecule has 2 rings (SSSR count). The molecule has 0 spiro atoms. The van der Waals surface area contributed by atoms with Gasteiger partial charge in [0.15, 0.2) is 5.78 Å². The predicted molar refractivity (Wildman–Crippen MR) is 87.5 cm³/mol. The van der Waals surface area contributed by atoms with Crippen molar-refractivity contribution in [3.8, 4) is 5.75 Å². The summed E-state index contributed by atoms with van der Waals surface area (Å²) in [5.74, 6) is 1.24. The van der Waals surface area contributed by atoms with Crippen molar-refractivity contribution in [3.63, 3.8) is 0 Å². The van der Waals surface area contributed by atoms with Gasteiger partial charge in [-0.2, -0.15) is 0 Å². The maximum Gasteiger partial charge on any atom is 0.158 e. The van der Waals surface area contributed by atoms with Crippen molar-refractivity contribution in [3.05, 3.63) is 35.4 Å². The summed E-state index contributed by atoms with van der Waals surface area (Å²) < 4.78 is 5.73. The Hall–Kier alpha value is -1.57. The molecule has 0 aromatic heterocycles. The Morgan fingerprint density at radius 3 is 2.52 bits per heavy atom. The molecular weight excluding hydrogens is 260 g/mol. The van der Waals surface area contributed by atoms with Crippen LogP contribution in [-0.2, 0) is 4.79 Å². The molecule has 0 atom stereocenters. The lowest BCUT2D eigenvalue weighted by Crippen LogP contribution is -2.07. The topological polar surface area (TPSA) is 26.3 Å². The fourth-order valence-electron chi connectivity index (χ4n) is 2.63. The Labute approximate surface area is 128 Å². The summed E-state index contributed by atoms with van der Waals surface area (Å²) in [5, 5.41) is 0. The molecule has 0 N–H and O–H groups in total. The van der Waals surface area contributed by atoms with E-state index in [9.17, 15) is 4.79 Å². The number of allylic oxidation sites excluding steroid dienone is 1. The fourth-order valence-corrected chi connectivity index (χ4v) is 2.63. The average Bonchev–Trinajstić information content (AvgIpc) is 2.51. The standard InChI is InChI=1S/C19H26O2/c1-2-3-4-7-14-21-18-12-10-16(11-13-18)15-17-8-5-6-9-19(17)20/h10-13,15H,2-9,14H2,1H3/b17-15+. The van der Waals surface area contributed by atoms with Crippen LogP contribution in [0.1, 0.15) is 63.9 Å². The van der Waals surface area contributed by atoms with Gasteiger partial charge in [0.1, 0.15) is 5.75 Å². The molecule has 1 saturated carbocycles. The Morgan fingerprint density at radius 1 is 1.05 bits per heavy atom. The van der Waals surface area contributed by atoms with Crippen LogP contribution in [0, 0.1) is 0 Å². The van der Waals surface area contributed by atoms with Crippen LogP contribution in [0.3, 0.4) is 0 Å². The zero-order chi connectivity index (χ0) is 14.9. The van der Waals surface area contributed by atoms with Gasteiger partial charge < -0.3 is 4.74 Å². The predicted octanol–water partition coefficient (Wildman–Crippen LogP) is 5.17. The van der Waals surface area contributed by atoms with E-state index < -0.39 is 0 Å². The van der Waals surface area contributed by atoms with Gasteiger partial charge in [-0.3, -0.25) is 4.79 Å². The Balaban J connectivity index is 1.84. The highest BCUT2D eigenvalue weighted by Gasteiger charge is 2.14. The second kappa shape index (κ2) is 8.66. The van der Waals surface area contributed by atoms with Gasteiger partial charge in [-0.1, -0.05) is 38.3 Å². The highest BCUT2D eigenvalue weighted by molar-refractivity contribution is 6.00. The van der Waals surface area contributed by atoms with Crippen LogP contribution in [0.15, 0.2) is 29.8 Å². The molecule has 1 aromatic carbocycles. The number of hydrogen-bond acceptors (Lipinski definition) is 2. The van der Waals surface area contributed by atoms with Gasteiger partial charge in [-0.05, 0) is 55.0 Å². The van der Waals surface area contributed by atoms with E-state index in [0.29, 0.717) is 12.2 Å². The van der Waals surface area contributed by atoms with Crippen LogP contribution in [0.25, 0.3) is 6.08 Å². The normalized spacial score (nSPS) is 17.2. The summed E-state index contributed by atoms with van der Waals surface area (Å²) >= 11 is 0. The van der Waals surface area contributed by atoms with Crippen LogP contribution >= 0.6 is 0 Å². The molecule has 1 aliphatic carbocycles. The minimum atomic E-state index is 0.317. The first-order valence-electron chi connectivity index (χ1n) is 8.26. The van der Waals surface area contributed by atoms with E-state index in [1.165, 1.54) is 19.3 Å². The number of carbonyl (C=O) groups is 1. The third-order valence-electron chi connectivity index (χ3n) is 3.95. The highest BCUT2D eigenvalue weighted by atomic mass is 16.5. The lowest BCUT2D eigenvalue weighted by atomic mass is 9.92. The van der Waals surface area contributed by atoms with Crippen LogP contribution in [0.5, 0.6) is 5.75 Å². The van der Waals surface area contributed by atoms with Crippen molar-refractivity contribution < 1.29 is 9.53 Å². The van der Waals surface area contributed by atoms with E-state index in [1.54, 1.807) is 0 Å². The van der Waals surface area contributed by atoms with Crippen LogP contribution in [0.4, 0.5) is 0 Å². The van der Waals surface area contributed by atoms with E-state index in [1.807, 2.05) is 30.3 Å². The van der Waals surface area contributed by atoms with Gasteiger partial charge in [0, 0.05) is 6.42 Å². The number of benzene rings is 1. The number of ketones is 1. The smallest absolute Gasteiger partial charge is 0.158 e. The summed E-state index contributed by atoms with van der Waals surface area (Å²) in [4.78, 5) is 11.8. The molecule has 1 aromatic rings. The summed E-state index contributed by atoms with van der Waals surface area (Å²) in [6.45, 7) is 3.00. The second-order valence-electron chi connectivity index (χ2n) is 5.78. The van der Waals surface area contributed by atoms with Gasteiger partial charge in [0.05, 0.1) is 6.61 Å². The first kappa shape index (κ1) is 15.8. The maximum atomic E-state index is 11.8. The van der Waals surface area contributed by atoms with Crippen molar-refractivity contribution in [2.75, 3.05) is 6.61 Å². The molecule has 1 aliphatic rings. The van der Waals surface area contributed by atoms with Gasteiger partial charge in [0.25, 0.3) is 0 Å². The molecule has 0 aliphatic heterocycles. The first-order chi connectivity index (χ1) is 10.3. The SMILES string of the molecule is CCCCCCOc1ccc(/C=C2\CCCCC2=O)cc1. The van der Waals surface area contributed by atoms with Crippen molar-refractivity contribution >= 4 is 11.9 Å². The summed E-state index contributed by atoms with van der Waals surface area (Å²) in [6.07, 6.45) is 10.7. The lowest BCUT2D eigenvalue weighted by molar-refractivity contribution is -0.116. The molecule has 1 fully saturated rings. The molecule has 114 valence electrons. The van der Waals surface area contributed by atoms with Crippen LogP contribution < -0.4 is 4.74 Å². The number of Topliss-reactive ketones (excluding diaryl/α,β-unsaturated/α-hetero) is 1. The van der Waals surface area contributed by atoms with Gasteiger partial charge in [0.2, 0.25) is 0 Å². The van der Waals surface area contributed by atoms with E-state index in [2.05, 4.69) is 6.92 Å². The molecule has 0 amide bonds. The summed E-state index contributed by atoms with van der Waals surface area (Å²) in [6, 6.07) is 8.07. The van der Waals surface area contributed by atoms with Gasteiger partial charge in [-0.15, -0.1) is 0 Å². The second-order valence-corrected chi connectivity index (χ2v) is 5.78. The zero-order valence-corrected chi connectivity index (χ0v) is 13.1. The number of hydrogen-bond donors (Lipinski definition) is 0. The maximum absolute atomic E-state index is 11.8. The zero-order valence-electron chi connectivity index (χ0n) is 13.1. The van der Waals surface area contributed by atoms with Crippen molar-refractivity contribution in [1.82, 2.24) is 0 Å². The van der Waals surface area contributed by atoms with Crippen LogP contribution in [-0.4, -0.2) is 12.4 Å². The number of unbranched alkanes of at least 4 members (excludes halogenated alkanes) is 3. The van der Waals surface area contributed by atoms with Crippen molar-refractivity contribution in [2.24, 2.45) is 0 Å². The molecule has 0 bridgehead atoms. The Kier molecular flexibility index (Phi) is 6.52. The highest BCUT2D eigenvalue weighted by Crippen LogP contribution is 2.23. The minimum absolute atomic E-state index is 0.317. The van der Waals surface area contributed by atoms with E-state index in [-0.39, 0.29) is 0 Å². The van der Waals surface area contributed by atoms with E-state index in [0.717, 1.165) is 49.2 Å². The summed E-state index contributed by atoms with van der Waals surface area (Å²) in [7, 11) is 0. The number of rotatable bonds is 7. The fraction of sp³-hybridized carbons (Fsp3) is 0.526. The van der Waals surface area contributed by atoms with Crippen molar-refractivity contribution in [1.29, 1.82) is 0 Å². The number of ether oxygens (including phenoxy) is 1. The quantitative estimate of drug-likeness (QED) is 0.510. The molecule has 0 heterocycles. The molecule has 2 heteroatoms.